The summed E-state index contributed by atoms with van der Waals surface area (Å²) in [6, 6.07) is 17.7. The molecule has 0 spiro atoms. The molecule has 4 rings (SSSR count). The third kappa shape index (κ3) is 5.17. The molecule has 7 nitrogen and oxygen atoms in total. The van der Waals surface area contributed by atoms with Gasteiger partial charge in [0.25, 0.3) is 0 Å². The number of primary amides is 1. The number of likely N-dealkylation sites (tertiary alicyclic amines) is 1. The lowest BCUT2D eigenvalue weighted by Crippen LogP contribution is -2.51. The van der Waals surface area contributed by atoms with Crippen LogP contribution < -0.4 is 5.73 Å². The molecule has 0 radical (unpaired) electrons. The third-order valence-electron chi connectivity index (χ3n) is 6.13. The molecule has 2 aromatic carbocycles. The second-order valence-corrected chi connectivity index (χ2v) is 10.5. The topological polar surface area (TPSA) is 94.1 Å². The summed E-state index contributed by atoms with van der Waals surface area (Å²) in [7, 11) is 0. The van der Waals surface area contributed by atoms with Crippen LogP contribution in [0, 0.1) is 0 Å². The van der Waals surface area contributed by atoms with Crippen molar-refractivity contribution in [2.45, 2.75) is 56.6 Å². The minimum absolute atomic E-state index is 0.0598. The Labute approximate surface area is 204 Å². The predicted molar refractivity (Wildman–Crippen MR) is 135 cm³/mol. The summed E-state index contributed by atoms with van der Waals surface area (Å²) in [6.07, 6.45) is 2.42. The molecule has 2 heterocycles. The van der Waals surface area contributed by atoms with Crippen molar-refractivity contribution in [3.05, 3.63) is 60.2 Å². The van der Waals surface area contributed by atoms with E-state index in [1.807, 2.05) is 34.9 Å². The van der Waals surface area contributed by atoms with Gasteiger partial charge < -0.3 is 10.6 Å². The van der Waals surface area contributed by atoms with Crippen molar-refractivity contribution in [1.82, 2.24) is 19.7 Å². The number of hydrogen-bond acceptors (Lipinski definition) is 5. The number of benzene rings is 2. The first-order chi connectivity index (χ1) is 16.3. The largest absolute Gasteiger partial charge is 0.368 e. The highest BCUT2D eigenvalue weighted by Crippen LogP contribution is 2.30. The fraction of sp³-hybridized carbons (Fsp3) is 0.385. The lowest BCUT2D eigenvalue weighted by molar-refractivity contribution is -0.138. The van der Waals surface area contributed by atoms with Gasteiger partial charge in [-0.05, 0) is 42.4 Å². The summed E-state index contributed by atoms with van der Waals surface area (Å²) in [6.45, 7) is 7.12. The van der Waals surface area contributed by atoms with Gasteiger partial charge in [0.2, 0.25) is 11.8 Å². The maximum absolute atomic E-state index is 13.0. The van der Waals surface area contributed by atoms with E-state index in [1.54, 1.807) is 4.90 Å². The molecule has 0 saturated carbocycles. The Morgan fingerprint density at radius 1 is 1.03 bits per heavy atom. The molecule has 1 aromatic heterocycles. The highest BCUT2D eigenvalue weighted by molar-refractivity contribution is 7.99. The molecular weight excluding hydrogens is 446 g/mol. The number of carbonyl (C=O) groups is 2. The second kappa shape index (κ2) is 10.0. The SMILES string of the molecule is CC(C)(C)c1ccc(-c2nnc(SCC(=O)N3CCCCC3C(N)=O)n2-c2ccccc2)cc1. The highest BCUT2D eigenvalue weighted by Gasteiger charge is 2.31. The summed E-state index contributed by atoms with van der Waals surface area (Å²) >= 11 is 1.33. The molecule has 178 valence electrons. The molecule has 2 amide bonds. The average molecular weight is 478 g/mol. The Kier molecular flexibility index (Phi) is 7.07. The van der Waals surface area contributed by atoms with E-state index >= 15 is 0 Å². The van der Waals surface area contributed by atoms with Gasteiger partial charge in [0.15, 0.2) is 11.0 Å². The number of amides is 2. The molecule has 8 heteroatoms. The second-order valence-electron chi connectivity index (χ2n) is 9.59. The molecule has 1 atom stereocenters. The Balaban J connectivity index is 1.61. The first-order valence-corrected chi connectivity index (χ1v) is 12.6. The fourth-order valence-electron chi connectivity index (χ4n) is 4.21. The zero-order valence-electron chi connectivity index (χ0n) is 19.9. The Morgan fingerprint density at radius 2 is 1.74 bits per heavy atom. The number of thioether (sulfide) groups is 1. The predicted octanol–water partition coefficient (Wildman–Crippen LogP) is 4.19. The number of rotatable bonds is 6. The highest BCUT2D eigenvalue weighted by atomic mass is 32.2. The summed E-state index contributed by atoms with van der Waals surface area (Å²) in [4.78, 5) is 26.4. The van der Waals surface area contributed by atoms with E-state index in [0.29, 0.717) is 18.1 Å². The Hall–Kier alpha value is -3.13. The Bertz CT molecular complexity index is 1150. The van der Waals surface area contributed by atoms with Crippen LogP contribution in [0.3, 0.4) is 0 Å². The Morgan fingerprint density at radius 3 is 2.38 bits per heavy atom. The van der Waals surface area contributed by atoms with Gasteiger partial charge in [-0.25, -0.2) is 0 Å². The van der Waals surface area contributed by atoms with Crippen LogP contribution in [-0.2, 0) is 15.0 Å². The fourth-order valence-corrected chi connectivity index (χ4v) is 5.05. The van der Waals surface area contributed by atoms with Crippen LogP contribution in [0.1, 0.15) is 45.6 Å². The summed E-state index contributed by atoms with van der Waals surface area (Å²) in [5.74, 6) is 0.339. The summed E-state index contributed by atoms with van der Waals surface area (Å²) < 4.78 is 1.98. The first-order valence-electron chi connectivity index (χ1n) is 11.6. The number of nitrogens with zero attached hydrogens (tertiary/aromatic N) is 4. The van der Waals surface area contributed by atoms with Crippen LogP contribution in [0.5, 0.6) is 0 Å². The molecule has 34 heavy (non-hydrogen) atoms. The van der Waals surface area contributed by atoms with E-state index in [0.717, 1.165) is 29.9 Å². The van der Waals surface area contributed by atoms with Gasteiger partial charge in [-0.3, -0.25) is 14.2 Å². The van der Waals surface area contributed by atoms with Crippen molar-refractivity contribution in [3.8, 4) is 17.1 Å². The first kappa shape index (κ1) is 24.0. The molecule has 1 fully saturated rings. The van der Waals surface area contributed by atoms with Gasteiger partial charge in [-0.1, -0.05) is 75.0 Å². The average Bonchev–Trinajstić information content (AvgIpc) is 3.26. The van der Waals surface area contributed by atoms with Crippen molar-refractivity contribution in [1.29, 1.82) is 0 Å². The number of hydrogen-bond donors (Lipinski definition) is 1. The molecular formula is C26H31N5O2S. The number of aromatic nitrogens is 3. The van der Waals surface area contributed by atoms with E-state index in [4.69, 9.17) is 5.73 Å². The van der Waals surface area contributed by atoms with Crippen molar-refractivity contribution in [3.63, 3.8) is 0 Å². The van der Waals surface area contributed by atoms with E-state index in [9.17, 15) is 9.59 Å². The van der Waals surface area contributed by atoms with Gasteiger partial charge in [-0.15, -0.1) is 10.2 Å². The van der Waals surface area contributed by atoms with E-state index in [1.165, 1.54) is 17.3 Å². The van der Waals surface area contributed by atoms with Crippen molar-refractivity contribution >= 4 is 23.6 Å². The van der Waals surface area contributed by atoms with E-state index < -0.39 is 11.9 Å². The van der Waals surface area contributed by atoms with Gasteiger partial charge in [0, 0.05) is 17.8 Å². The smallest absolute Gasteiger partial charge is 0.240 e. The van der Waals surface area contributed by atoms with Crippen molar-refractivity contribution < 1.29 is 9.59 Å². The maximum Gasteiger partial charge on any atom is 0.240 e. The summed E-state index contributed by atoms with van der Waals surface area (Å²) in [5, 5.41) is 9.53. The normalized spacial score (nSPS) is 16.4. The molecule has 1 aliphatic rings. The van der Waals surface area contributed by atoms with E-state index in [2.05, 4.69) is 55.2 Å². The lowest BCUT2D eigenvalue weighted by Gasteiger charge is -2.33. The zero-order chi connectivity index (χ0) is 24.3. The van der Waals surface area contributed by atoms with Crippen LogP contribution >= 0.6 is 11.8 Å². The minimum atomic E-state index is -0.522. The minimum Gasteiger partial charge on any atom is -0.368 e. The third-order valence-corrected chi connectivity index (χ3v) is 7.05. The molecule has 1 saturated heterocycles. The molecule has 2 N–H and O–H groups in total. The van der Waals surface area contributed by atoms with Crippen LogP contribution in [0.25, 0.3) is 17.1 Å². The molecule has 0 aliphatic carbocycles. The van der Waals surface area contributed by atoms with Crippen LogP contribution in [-0.4, -0.2) is 49.8 Å². The number of para-hydroxylation sites is 1. The van der Waals surface area contributed by atoms with Crippen molar-refractivity contribution in [2.75, 3.05) is 12.3 Å². The lowest BCUT2D eigenvalue weighted by atomic mass is 9.87. The molecule has 1 aliphatic heterocycles. The monoisotopic (exact) mass is 477 g/mol. The maximum atomic E-state index is 13.0. The standard InChI is InChI=1S/C26H31N5O2S/c1-26(2,3)19-14-12-18(13-15-19)24-28-29-25(31(24)20-9-5-4-6-10-20)34-17-22(32)30-16-8-7-11-21(30)23(27)33/h4-6,9-10,12-15,21H,7-8,11,16-17H2,1-3H3,(H2,27,33). The van der Waals surface area contributed by atoms with Gasteiger partial charge in [-0.2, -0.15) is 0 Å². The summed E-state index contributed by atoms with van der Waals surface area (Å²) in [5.41, 5.74) is 8.72. The van der Waals surface area contributed by atoms with Gasteiger partial charge in [0.1, 0.15) is 6.04 Å². The van der Waals surface area contributed by atoms with Crippen LogP contribution in [0.2, 0.25) is 0 Å². The van der Waals surface area contributed by atoms with Gasteiger partial charge in [0.05, 0.1) is 5.75 Å². The molecule has 3 aromatic rings. The van der Waals surface area contributed by atoms with Crippen LogP contribution in [0.4, 0.5) is 0 Å². The van der Waals surface area contributed by atoms with E-state index in [-0.39, 0.29) is 17.1 Å². The van der Waals surface area contributed by atoms with Crippen molar-refractivity contribution in [2.24, 2.45) is 5.73 Å². The zero-order valence-corrected chi connectivity index (χ0v) is 20.7. The number of carbonyl (C=O) groups excluding carboxylic acids is 2. The van der Waals surface area contributed by atoms with Crippen LogP contribution in [0.15, 0.2) is 59.8 Å². The number of piperidine rings is 1. The number of nitrogens with two attached hydrogens (primary N) is 1. The quantitative estimate of drug-likeness (QED) is 0.537. The molecule has 0 bridgehead atoms. The molecule has 1 unspecified atom stereocenters. The van der Waals surface area contributed by atoms with Gasteiger partial charge >= 0.3 is 0 Å².